The third kappa shape index (κ3) is 2.47. The van der Waals surface area contributed by atoms with Crippen LogP contribution in [0.2, 0.25) is 0 Å². The highest BCUT2D eigenvalue weighted by Gasteiger charge is 2.20. The normalized spacial score (nSPS) is 19.4. The minimum atomic E-state index is -0.0719. The highest BCUT2D eigenvalue weighted by atomic mass is 32.1. The SMILES string of the molecule is O=C(Nc1nc2c(s1)CNCC2)N1CCOCC1. The Kier molecular flexibility index (Phi) is 3.44. The average molecular weight is 268 g/mol. The molecule has 0 aromatic carbocycles. The summed E-state index contributed by atoms with van der Waals surface area (Å²) in [6, 6.07) is -0.0719. The Labute approximate surface area is 109 Å². The van der Waals surface area contributed by atoms with Crippen LogP contribution in [0.4, 0.5) is 9.93 Å². The molecule has 2 N–H and O–H groups in total. The summed E-state index contributed by atoms with van der Waals surface area (Å²) in [7, 11) is 0. The number of rotatable bonds is 1. The topological polar surface area (TPSA) is 66.5 Å². The molecule has 98 valence electrons. The molecule has 0 unspecified atom stereocenters. The van der Waals surface area contributed by atoms with Crippen molar-refractivity contribution in [2.45, 2.75) is 13.0 Å². The van der Waals surface area contributed by atoms with E-state index in [1.807, 2.05) is 0 Å². The van der Waals surface area contributed by atoms with E-state index >= 15 is 0 Å². The molecule has 1 aromatic rings. The van der Waals surface area contributed by atoms with Gasteiger partial charge in [0.1, 0.15) is 0 Å². The van der Waals surface area contributed by atoms with Gasteiger partial charge in [-0.3, -0.25) is 5.32 Å². The number of anilines is 1. The van der Waals surface area contributed by atoms with Crippen LogP contribution in [0.5, 0.6) is 0 Å². The first-order valence-corrected chi connectivity index (χ1v) is 6.97. The molecule has 0 spiro atoms. The first-order valence-electron chi connectivity index (χ1n) is 6.16. The maximum Gasteiger partial charge on any atom is 0.323 e. The number of urea groups is 1. The van der Waals surface area contributed by atoms with Crippen LogP contribution < -0.4 is 10.6 Å². The molecule has 2 aliphatic heterocycles. The van der Waals surface area contributed by atoms with Crippen LogP contribution in [0.1, 0.15) is 10.6 Å². The highest BCUT2D eigenvalue weighted by molar-refractivity contribution is 7.15. The monoisotopic (exact) mass is 268 g/mol. The van der Waals surface area contributed by atoms with Crippen LogP contribution in [0.15, 0.2) is 0 Å². The summed E-state index contributed by atoms with van der Waals surface area (Å²) in [6.07, 6.45) is 0.944. The van der Waals surface area contributed by atoms with E-state index in [-0.39, 0.29) is 6.03 Å². The van der Waals surface area contributed by atoms with Crippen molar-refractivity contribution in [3.05, 3.63) is 10.6 Å². The number of hydrogen-bond acceptors (Lipinski definition) is 5. The van der Waals surface area contributed by atoms with Crippen molar-refractivity contribution in [2.75, 3.05) is 38.2 Å². The van der Waals surface area contributed by atoms with E-state index in [4.69, 9.17) is 4.74 Å². The first-order chi connectivity index (χ1) is 8.83. The van der Waals surface area contributed by atoms with Gasteiger partial charge >= 0.3 is 6.03 Å². The van der Waals surface area contributed by atoms with E-state index in [1.54, 1.807) is 16.2 Å². The summed E-state index contributed by atoms with van der Waals surface area (Å²) in [5.41, 5.74) is 1.12. The number of aromatic nitrogens is 1. The number of amides is 2. The van der Waals surface area contributed by atoms with E-state index in [0.717, 1.165) is 25.2 Å². The summed E-state index contributed by atoms with van der Waals surface area (Å²) in [4.78, 5) is 19.5. The average Bonchev–Trinajstić information content (AvgIpc) is 2.82. The van der Waals surface area contributed by atoms with Crippen molar-refractivity contribution in [1.82, 2.24) is 15.2 Å². The summed E-state index contributed by atoms with van der Waals surface area (Å²) < 4.78 is 5.22. The zero-order chi connectivity index (χ0) is 12.4. The third-order valence-electron chi connectivity index (χ3n) is 3.11. The zero-order valence-corrected chi connectivity index (χ0v) is 10.9. The molecule has 3 heterocycles. The molecule has 18 heavy (non-hydrogen) atoms. The fourth-order valence-corrected chi connectivity index (χ4v) is 3.08. The molecule has 1 saturated heterocycles. The summed E-state index contributed by atoms with van der Waals surface area (Å²) in [5, 5.41) is 6.89. The number of nitrogens with one attached hydrogen (secondary N) is 2. The Morgan fingerprint density at radius 2 is 2.28 bits per heavy atom. The number of ether oxygens (including phenoxy) is 1. The van der Waals surface area contributed by atoms with Gasteiger partial charge in [-0.25, -0.2) is 9.78 Å². The Morgan fingerprint density at radius 3 is 3.06 bits per heavy atom. The molecule has 1 fully saturated rings. The quantitative estimate of drug-likeness (QED) is 0.785. The van der Waals surface area contributed by atoms with E-state index < -0.39 is 0 Å². The minimum absolute atomic E-state index is 0.0719. The largest absolute Gasteiger partial charge is 0.378 e. The van der Waals surface area contributed by atoms with E-state index in [1.165, 1.54) is 4.88 Å². The van der Waals surface area contributed by atoms with Gasteiger partial charge in [0, 0.05) is 37.5 Å². The zero-order valence-electron chi connectivity index (χ0n) is 10.1. The molecule has 3 rings (SSSR count). The van der Waals surface area contributed by atoms with Gasteiger partial charge in [0.15, 0.2) is 5.13 Å². The van der Waals surface area contributed by atoms with Gasteiger partial charge in [-0.2, -0.15) is 0 Å². The maximum absolute atomic E-state index is 12.0. The van der Waals surface area contributed by atoms with Gasteiger partial charge in [0.05, 0.1) is 18.9 Å². The van der Waals surface area contributed by atoms with Crippen LogP contribution in [0.25, 0.3) is 0 Å². The molecule has 0 saturated carbocycles. The van der Waals surface area contributed by atoms with Crippen LogP contribution in [0, 0.1) is 0 Å². The number of carbonyl (C=O) groups excluding carboxylic acids is 1. The molecule has 2 aliphatic rings. The second-order valence-electron chi connectivity index (χ2n) is 4.35. The van der Waals surface area contributed by atoms with Crippen molar-refractivity contribution in [1.29, 1.82) is 0 Å². The van der Waals surface area contributed by atoms with Crippen molar-refractivity contribution >= 4 is 22.5 Å². The van der Waals surface area contributed by atoms with Crippen molar-refractivity contribution in [3.8, 4) is 0 Å². The highest BCUT2D eigenvalue weighted by Crippen LogP contribution is 2.25. The van der Waals surface area contributed by atoms with E-state index in [9.17, 15) is 4.79 Å². The van der Waals surface area contributed by atoms with Crippen LogP contribution in [-0.2, 0) is 17.7 Å². The van der Waals surface area contributed by atoms with Crippen molar-refractivity contribution < 1.29 is 9.53 Å². The first kappa shape index (κ1) is 11.9. The van der Waals surface area contributed by atoms with E-state index in [2.05, 4.69) is 15.6 Å². The van der Waals surface area contributed by atoms with Crippen LogP contribution in [0.3, 0.4) is 0 Å². The molecule has 0 radical (unpaired) electrons. The number of thiazole rings is 1. The fourth-order valence-electron chi connectivity index (χ4n) is 2.12. The predicted octanol–water partition coefficient (Wildman–Crippen LogP) is 0.653. The molecule has 0 aliphatic carbocycles. The smallest absolute Gasteiger partial charge is 0.323 e. The van der Waals surface area contributed by atoms with Gasteiger partial charge in [-0.15, -0.1) is 11.3 Å². The minimum Gasteiger partial charge on any atom is -0.378 e. The van der Waals surface area contributed by atoms with Crippen molar-refractivity contribution in [2.24, 2.45) is 0 Å². The molecule has 0 atom stereocenters. The molecule has 2 amide bonds. The lowest BCUT2D eigenvalue weighted by Crippen LogP contribution is -2.43. The Hall–Kier alpha value is -1.18. The van der Waals surface area contributed by atoms with Gasteiger partial charge in [0.2, 0.25) is 0 Å². The van der Waals surface area contributed by atoms with Gasteiger partial charge in [-0.1, -0.05) is 0 Å². The van der Waals surface area contributed by atoms with Crippen molar-refractivity contribution in [3.63, 3.8) is 0 Å². The van der Waals surface area contributed by atoms with Gasteiger partial charge < -0.3 is 15.0 Å². The molecule has 6 nitrogen and oxygen atoms in total. The third-order valence-corrected chi connectivity index (χ3v) is 4.13. The molecular weight excluding hydrogens is 252 g/mol. The Morgan fingerprint density at radius 1 is 1.44 bits per heavy atom. The standard InChI is InChI=1S/C11H16N4O2S/c16-11(15-3-5-17-6-4-15)14-10-13-8-1-2-12-7-9(8)18-10/h12H,1-7H2,(H,13,14,16). The summed E-state index contributed by atoms with van der Waals surface area (Å²) in [6.45, 7) is 4.36. The molecule has 1 aromatic heterocycles. The number of nitrogens with zero attached hydrogens (tertiary/aromatic N) is 2. The molecule has 0 bridgehead atoms. The Bertz CT molecular complexity index is 419. The second kappa shape index (κ2) is 5.21. The maximum atomic E-state index is 12.0. The second-order valence-corrected chi connectivity index (χ2v) is 5.43. The number of morpholine rings is 1. The summed E-state index contributed by atoms with van der Waals surface area (Å²) in [5.74, 6) is 0. The van der Waals surface area contributed by atoms with E-state index in [0.29, 0.717) is 31.4 Å². The molecular formula is C11H16N4O2S. The molecule has 7 heteroatoms. The van der Waals surface area contributed by atoms with Gasteiger partial charge in [-0.05, 0) is 0 Å². The number of carbonyl (C=O) groups is 1. The van der Waals surface area contributed by atoms with Gasteiger partial charge in [0.25, 0.3) is 0 Å². The van der Waals surface area contributed by atoms with Crippen LogP contribution in [-0.4, -0.2) is 48.8 Å². The summed E-state index contributed by atoms with van der Waals surface area (Å²) >= 11 is 1.56. The van der Waals surface area contributed by atoms with Crippen LogP contribution >= 0.6 is 11.3 Å². The fraction of sp³-hybridized carbons (Fsp3) is 0.636. The Balaban J connectivity index is 1.64. The lowest BCUT2D eigenvalue weighted by molar-refractivity contribution is 0.0564. The predicted molar refractivity (Wildman–Crippen MR) is 68.9 cm³/mol. The lowest BCUT2D eigenvalue weighted by atomic mass is 10.2. The number of hydrogen-bond donors (Lipinski definition) is 2. The lowest BCUT2D eigenvalue weighted by Gasteiger charge is -2.26. The number of fused-ring (bicyclic) bond motifs is 1.